The molecule has 1 aliphatic carbocycles. The molecule has 2 aromatic rings. The van der Waals surface area contributed by atoms with Crippen molar-refractivity contribution in [1.82, 2.24) is 4.98 Å². The fourth-order valence-corrected chi connectivity index (χ4v) is 3.66. The molecule has 132 valence electrons. The van der Waals surface area contributed by atoms with Crippen molar-refractivity contribution in [3.05, 3.63) is 59.9 Å². The molecule has 1 saturated carbocycles. The van der Waals surface area contributed by atoms with Crippen LogP contribution in [-0.2, 0) is 10.2 Å². The number of benzene rings is 1. The van der Waals surface area contributed by atoms with Crippen LogP contribution in [0.15, 0.2) is 48.7 Å². The Hall–Kier alpha value is -2.37. The van der Waals surface area contributed by atoms with Crippen LogP contribution >= 0.6 is 0 Å². The number of rotatable bonds is 5. The Labute approximate surface area is 143 Å². The van der Waals surface area contributed by atoms with E-state index in [0.29, 0.717) is 30.5 Å². The predicted molar refractivity (Wildman–Crippen MR) is 86.2 cm³/mol. The number of carbonyl (C=O) groups excluding carboxylic acids is 1. The van der Waals surface area contributed by atoms with E-state index in [0.717, 1.165) is 0 Å². The maximum absolute atomic E-state index is 12.6. The van der Waals surface area contributed by atoms with E-state index in [-0.39, 0.29) is 17.5 Å². The van der Waals surface area contributed by atoms with Gasteiger partial charge in [-0.3, -0.25) is 9.78 Å². The van der Waals surface area contributed by atoms with Crippen molar-refractivity contribution in [2.24, 2.45) is 5.92 Å². The highest BCUT2D eigenvalue weighted by Gasteiger charge is 2.53. The van der Waals surface area contributed by atoms with Crippen molar-refractivity contribution in [2.75, 3.05) is 0 Å². The minimum Gasteiger partial charge on any atom is -0.406 e. The van der Waals surface area contributed by atoms with Gasteiger partial charge in [0.15, 0.2) is 0 Å². The zero-order valence-electron chi connectivity index (χ0n) is 13.7. The first kappa shape index (κ1) is 17.5. The first-order valence-corrected chi connectivity index (χ1v) is 8.17. The van der Waals surface area contributed by atoms with Gasteiger partial charge in [0.25, 0.3) is 0 Å². The molecule has 6 heteroatoms. The molecule has 0 bridgehead atoms. The minimum absolute atomic E-state index is 0.0963. The molecule has 2 atom stereocenters. The van der Waals surface area contributed by atoms with Gasteiger partial charge in [0.2, 0.25) is 0 Å². The summed E-state index contributed by atoms with van der Waals surface area (Å²) in [6.07, 6.45) is -1.37. The third-order valence-corrected chi connectivity index (χ3v) is 4.86. The van der Waals surface area contributed by atoms with E-state index in [1.807, 2.05) is 12.1 Å². The van der Waals surface area contributed by atoms with Gasteiger partial charge in [-0.2, -0.15) is 0 Å². The highest BCUT2D eigenvalue weighted by Crippen LogP contribution is 2.54. The Bertz CT molecular complexity index is 761. The second kappa shape index (κ2) is 6.50. The normalized spacial score (nSPS) is 23.0. The van der Waals surface area contributed by atoms with E-state index in [9.17, 15) is 18.0 Å². The van der Waals surface area contributed by atoms with E-state index < -0.39 is 11.8 Å². The summed E-state index contributed by atoms with van der Waals surface area (Å²) < 4.78 is 41.7. The van der Waals surface area contributed by atoms with Gasteiger partial charge in [0.05, 0.1) is 5.69 Å². The van der Waals surface area contributed by atoms with Crippen LogP contribution < -0.4 is 4.74 Å². The number of ketones is 1. The fourth-order valence-electron chi connectivity index (χ4n) is 3.66. The van der Waals surface area contributed by atoms with E-state index in [2.05, 4.69) is 9.72 Å². The average molecular weight is 349 g/mol. The summed E-state index contributed by atoms with van der Waals surface area (Å²) in [4.78, 5) is 16.8. The Morgan fingerprint density at radius 1 is 1.28 bits per heavy atom. The van der Waals surface area contributed by atoms with Crippen molar-refractivity contribution in [2.45, 2.75) is 38.0 Å². The molecule has 0 spiro atoms. The van der Waals surface area contributed by atoms with Crippen molar-refractivity contribution < 1.29 is 22.7 Å². The van der Waals surface area contributed by atoms with Crippen molar-refractivity contribution in [1.29, 1.82) is 0 Å². The SMILES string of the molecule is CCC(=O)C1CCC1(c1cccc(OC(F)(F)F)c1)c1ccccn1. The third-order valence-electron chi connectivity index (χ3n) is 4.86. The van der Waals surface area contributed by atoms with E-state index in [4.69, 9.17) is 0 Å². The van der Waals surface area contributed by atoms with Crippen LogP contribution in [-0.4, -0.2) is 17.1 Å². The van der Waals surface area contributed by atoms with Crippen molar-refractivity contribution in [3.8, 4) is 5.75 Å². The Kier molecular flexibility index (Phi) is 4.54. The molecule has 1 heterocycles. The molecule has 1 fully saturated rings. The zero-order valence-corrected chi connectivity index (χ0v) is 13.7. The number of alkyl halides is 3. The van der Waals surface area contributed by atoms with Crippen LogP contribution in [0.4, 0.5) is 13.2 Å². The molecule has 2 unspecified atom stereocenters. The van der Waals surface area contributed by atoms with Crippen LogP contribution in [0.3, 0.4) is 0 Å². The van der Waals surface area contributed by atoms with Gasteiger partial charge in [-0.15, -0.1) is 13.2 Å². The lowest BCUT2D eigenvalue weighted by Crippen LogP contribution is -2.49. The lowest BCUT2D eigenvalue weighted by Gasteiger charge is -2.49. The molecule has 0 amide bonds. The Morgan fingerprint density at radius 3 is 2.64 bits per heavy atom. The number of pyridine rings is 1. The molecule has 0 saturated heterocycles. The van der Waals surface area contributed by atoms with Gasteiger partial charge in [-0.25, -0.2) is 0 Å². The Morgan fingerprint density at radius 2 is 2.08 bits per heavy atom. The van der Waals surface area contributed by atoms with Crippen molar-refractivity contribution >= 4 is 5.78 Å². The molecule has 1 aromatic heterocycles. The Balaban J connectivity index is 2.08. The molecule has 3 nitrogen and oxygen atoms in total. The zero-order chi connectivity index (χ0) is 18.1. The molecule has 1 aliphatic rings. The summed E-state index contributed by atoms with van der Waals surface area (Å²) >= 11 is 0. The molecule has 0 radical (unpaired) electrons. The fraction of sp³-hybridized carbons (Fsp3) is 0.368. The predicted octanol–water partition coefficient (Wildman–Crippen LogP) is 4.66. The lowest BCUT2D eigenvalue weighted by atomic mass is 9.53. The van der Waals surface area contributed by atoms with E-state index in [1.54, 1.807) is 25.3 Å². The first-order valence-electron chi connectivity index (χ1n) is 8.17. The maximum Gasteiger partial charge on any atom is 0.573 e. The van der Waals surface area contributed by atoms with Gasteiger partial charge in [0, 0.05) is 24.0 Å². The minimum atomic E-state index is -4.75. The summed E-state index contributed by atoms with van der Waals surface area (Å²) in [7, 11) is 0. The monoisotopic (exact) mass is 349 g/mol. The average Bonchev–Trinajstić information content (AvgIpc) is 2.54. The lowest BCUT2D eigenvalue weighted by molar-refractivity contribution is -0.274. The third kappa shape index (κ3) is 3.25. The number of halogens is 3. The number of carbonyl (C=O) groups is 1. The highest BCUT2D eigenvalue weighted by molar-refractivity contribution is 5.84. The topological polar surface area (TPSA) is 39.2 Å². The van der Waals surface area contributed by atoms with Gasteiger partial charge < -0.3 is 4.74 Å². The van der Waals surface area contributed by atoms with Crippen molar-refractivity contribution in [3.63, 3.8) is 0 Å². The smallest absolute Gasteiger partial charge is 0.406 e. The summed E-state index contributed by atoms with van der Waals surface area (Å²) in [5, 5.41) is 0. The number of hydrogen-bond acceptors (Lipinski definition) is 3. The van der Waals surface area contributed by atoms with Gasteiger partial charge in [-0.1, -0.05) is 25.1 Å². The molecule has 25 heavy (non-hydrogen) atoms. The molecular formula is C19H18F3NO2. The number of aromatic nitrogens is 1. The number of Topliss-reactive ketones (excluding diaryl/α,β-unsaturated/α-hetero) is 1. The summed E-state index contributed by atoms with van der Waals surface area (Å²) in [6, 6.07) is 11.3. The molecule has 1 aromatic carbocycles. The number of hydrogen-bond donors (Lipinski definition) is 0. The number of nitrogens with zero attached hydrogens (tertiary/aromatic N) is 1. The van der Waals surface area contributed by atoms with Crippen LogP contribution in [0.2, 0.25) is 0 Å². The summed E-state index contributed by atoms with van der Waals surface area (Å²) in [6.45, 7) is 1.80. The molecule has 3 rings (SSSR count). The largest absolute Gasteiger partial charge is 0.573 e. The van der Waals surface area contributed by atoms with E-state index >= 15 is 0 Å². The number of ether oxygens (including phenoxy) is 1. The van der Waals surface area contributed by atoms with Gasteiger partial charge >= 0.3 is 6.36 Å². The second-order valence-electron chi connectivity index (χ2n) is 6.17. The van der Waals surface area contributed by atoms with Gasteiger partial charge in [-0.05, 0) is 42.7 Å². The molecule has 0 N–H and O–H groups in total. The molecule has 0 aliphatic heterocycles. The van der Waals surface area contributed by atoms with Crippen LogP contribution in [0.5, 0.6) is 5.75 Å². The standard InChI is InChI=1S/C19H18F3NO2/c1-2-16(24)15-9-10-18(15,17-8-3-4-11-23-17)13-6-5-7-14(12-13)25-19(20,21)22/h3-8,11-12,15H,2,9-10H2,1H3. The van der Waals surface area contributed by atoms with Crippen LogP contribution in [0.1, 0.15) is 37.4 Å². The maximum atomic E-state index is 12.6. The van der Waals surface area contributed by atoms with Crippen LogP contribution in [0, 0.1) is 5.92 Å². The summed E-state index contributed by atoms with van der Waals surface area (Å²) in [5.74, 6) is -0.470. The first-order chi connectivity index (χ1) is 11.9. The second-order valence-corrected chi connectivity index (χ2v) is 6.17. The van der Waals surface area contributed by atoms with E-state index in [1.165, 1.54) is 18.2 Å². The summed E-state index contributed by atoms with van der Waals surface area (Å²) in [5.41, 5.74) is 0.641. The highest BCUT2D eigenvalue weighted by atomic mass is 19.4. The quantitative estimate of drug-likeness (QED) is 0.788. The van der Waals surface area contributed by atoms with Gasteiger partial charge in [0.1, 0.15) is 11.5 Å². The molecular weight excluding hydrogens is 331 g/mol. The van der Waals surface area contributed by atoms with Crippen LogP contribution in [0.25, 0.3) is 0 Å².